The second-order valence-corrected chi connectivity index (χ2v) is 6.52. The summed E-state index contributed by atoms with van der Waals surface area (Å²) in [6.07, 6.45) is 3.09. The highest BCUT2D eigenvalue weighted by atomic mass is 32.2. The summed E-state index contributed by atoms with van der Waals surface area (Å²) in [5.74, 6) is 0.725. The van der Waals surface area contributed by atoms with Crippen molar-refractivity contribution in [1.29, 1.82) is 0 Å². The first-order valence-corrected chi connectivity index (χ1v) is 8.52. The largest absolute Gasteiger partial charge is 0.327 e. The van der Waals surface area contributed by atoms with Crippen LogP contribution in [0.25, 0.3) is 0 Å². The van der Waals surface area contributed by atoms with Crippen molar-refractivity contribution < 1.29 is 8.42 Å². The predicted molar refractivity (Wildman–Crippen MR) is 79.3 cm³/mol. The number of aryl methyl sites for hydroxylation is 3. The van der Waals surface area contributed by atoms with E-state index in [1.54, 1.807) is 0 Å². The van der Waals surface area contributed by atoms with Crippen molar-refractivity contribution in [2.75, 3.05) is 0 Å². The predicted octanol–water partition coefficient (Wildman–Crippen LogP) is 1.06. The number of hydrogen-bond donors (Lipinski definition) is 1. The minimum atomic E-state index is -3.78. The summed E-state index contributed by atoms with van der Waals surface area (Å²) in [5, 5.41) is 9.49. The van der Waals surface area contributed by atoms with Crippen molar-refractivity contribution >= 4 is 10.0 Å². The molecule has 0 spiro atoms. The molecular weight excluding hydrogens is 290 g/mol. The van der Waals surface area contributed by atoms with Crippen LogP contribution in [-0.4, -0.2) is 27.7 Å². The third kappa shape index (κ3) is 3.51. The number of hydrogen-bond acceptors (Lipinski definition) is 4. The first kappa shape index (κ1) is 15.7. The van der Waals surface area contributed by atoms with Gasteiger partial charge < -0.3 is 4.57 Å². The molecule has 116 valence electrons. The minimum Gasteiger partial charge on any atom is -0.327 e. The minimum absolute atomic E-state index is 0.0785. The molecule has 0 aromatic carbocycles. The Balaban J connectivity index is 2.40. The van der Waals surface area contributed by atoms with Gasteiger partial charge in [-0.25, -0.2) is 18.5 Å². The van der Waals surface area contributed by atoms with Gasteiger partial charge in [0.2, 0.25) is 0 Å². The van der Waals surface area contributed by atoms with Crippen molar-refractivity contribution in [1.82, 2.24) is 19.3 Å². The number of nitrogens with zero attached hydrogens (tertiary/aromatic N) is 4. The number of imidazole rings is 1. The van der Waals surface area contributed by atoms with Crippen LogP contribution in [0.15, 0.2) is 17.3 Å². The molecule has 0 saturated carbocycles. The first-order valence-electron chi connectivity index (χ1n) is 6.97. The first-order chi connectivity index (χ1) is 9.85. The molecular formula is C13H21N5O2S. The Morgan fingerprint density at radius 2 is 2.05 bits per heavy atom. The monoisotopic (exact) mass is 311 g/mol. The zero-order valence-electron chi connectivity index (χ0n) is 12.6. The Bertz CT molecular complexity index is 730. The van der Waals surface area contributed by atoms with Crippen LogP contribution in [0.2, 0.25) is 0 Å². The number of rotatable bonds is 6. The fraction of sp³-hybridized carbons (Fsp3) is 0.538. The van der Waals surface area contributed by atoms with Gasteiger partial charge >= 0.3 is 0 Å². The molecule has 0 bridgehead atoms. The second-order valence-electron chi connectivity index (χ2n) is 5.01. The standard InChI is InChI=1S/C13H21N5O2S/c1-4-6-12-15-13(21(14,19)20)9-17(12)8-11-7-10(3)16-18(11)5-2/h7,9H,4-6,8H2,1-3H3,(H2,14,19,20). The quantitative estimate of drug-likeness (QED) is 0.862. The van der Waals surface area contributed by atoms with Gasteiger partial charge in [0.15, 0.2) is 5.03 Å². The van der Waals surface area contributed by atoms with Gasteiger partial charge in [-0.15, -0.1) is 0 Å². The van der Waals surface area contributed by atoms with Crippen LogP contribution in [0.4, 0.5) is 0 Å². The molecule has 2 aromatic rings. The van der Waals surface area contributed by atoms with E-state index in [4.69, 9.17) is 5.14 Å². The van der Waals surface area contributed by atoms with Gasteiger partial charge in [0.1, 0.15) is 5.82 Å². The average molecular weight is 311 g/mol. The normalized spacial score (nSPS) is 12.0. The lowest BCUT2D eigenvalue weighted by Crippen LogP contribution is -2.12. The van der Waals surface area contributed by atoms with E-state index in [0.29, 0.717) is 13.0 Å². The lowest BCUT2D eigenvalue weighted by molar-refractivity contribution is 0.586. The summed E-state index contributed by atoms with van der Waals surface area (Å²) in [6, 6.07) is 2.00. The van der Waals surface area contributed by atoms with Gasteiger partial charge in [-0.1, -0.05) is 6.92 Å². The van der Waals surface area contributed by atoms with E-state index < -0.39 is 10.0 Å². The number of primary sulfonamides is 1. The number of sulfonamides is 1. The topological polar surface area (TPSA) is 95.8 Å². The summed E-state index contributed by atoms with van der Waals surface area (Å²) in [5.41, 5.74) is 1.96. The Kier molecular flexibility index (Phi) is 4.48. The highest BCUT2D eigenvalue weighted by molar-refractivity contribution is 7.89. The zero-order valence-corrected chi connectivity index (χ0v) is 13.4. The van der Waals surface area contributed by atoms with E-state index in [0.717, 1.165) is 30.2 Å². The maximum Gasteiger partial charge on any atom is 0.257 e. The summed E-state index contributed by atoms with van der Waals surface area (Å²) >= 11 is 0. The van der Waals surface area contributed by atoms with Gasteiger partial charge in [0.25, 0.3) is 10.0 Å². The van der Waals surface area contributed by atoms with Crippen LogP contribution in [0.5, 0.6) is 0 Å². The van der Waals surface area contributed by atoms with E-state index in [2.05, 4.69) is 10.1 Å². The molecule has 2 heterocycles. The summed E-state index contributed by atoms with van der Waals surface area (Å²) in [7, 11) is -3.78. The maximum absolute atomic E-state index is 11.5. The van der Waals surface area contributed by atoms with Gasteiger partial charge in [-0.2, -0.15) is 5.10 Å². The summed E-state index contributed by atoms with van der Waals surface area (Å²) in [4.78, 5) is 4.15. The molecule has 0 amide bonds. The van der Waals surface area contributed by atoms with Crippen molar-refractivity contribution in [3.8, 4) is 0 Å². The third-order valence-electron chi connectivity index (χ3n) is 3.22. The van der Waals surface area contributed by atoms with E-state index in [1.807, 2.05) is 36.1 Å². The van der Waals surface area contributed by atoms with Crippen LogP contribution in [-0.2, 0) is 29.5 Å². The van der Waals surface area contributed by atoms with Crippen LogP contribution >= 0.6 is 0 Å². The lowest BCUT2D eigenvalue weighted by Gasteiger charge is -2.08. The maximum atomic E-state index is 11.5. The van der Waals surface area contributed by atoms with Crippen molar-refractivity contribution in [2.45, 2.75) is 51.7 Å². The third-order valence-corrected chi connectivity index (χ3v) is 4.00. The summed E-state index contributed by atoms with van der Waals surface area (Å²) < 4.78 is 26.7. The van der Waals surface area contributed by atoms with Gasteiger partial charge in [0.05, 0.1) is 17.9 Å². The molecule has 0 radical (unpaired) electrons. The Labute approximate surface area is 124 Å². The molecule has 0 aliphatic carbocycles. The SMILES string of the molecule is CCCc1nc(S(N)(=O)=O)cn1Cc1cc(C)nn1CC. The highest BCUT2D eigenvalue weighted by Crippen LogP contribution is 2.14. The molecule has 21 heavy (non-hydrogen) atoms. The number of aromatic nitrogens is 4. The van der Waals surface area contributed by atoms with Gasteiger partial charge in [-0.3, -0.25) is 4.68 Å². The Morgan fingerprint density at radius 1 is 1.33 bits per heavy atom. The van der Waals surface area contributed by atoms with E-state index in [1.165, 1.54) is 6.20 Å². The van der Waals surface area contributed by atoms with Crippen LogP contribution in [0.1, 0.15) is 37.5 Å². The highest BCUT2D eigenvalue weighted by Gasteiger charge is 2.17. The molecule has 2 aromatic heterocycles. The van der Waals surface area contributed by atoms with Crippen molar-refractivity contribution in [3.63, 3.8) is 0 Å². The van der Waals surface area contributed by atoms with E-state index >= 15 is 0 Å². The van der Waals surface area contributed by atoms with Crippen LogP contribution in [0.3, 0.4) is 0 Å². The molecule has 0 unspecified atom stereocenters. The lowest BCUT2D eigenvalue weighted by atomic mass is 10.3. The van der Waals surface area contributed by atoms with E-state index in [9.17, 15) is 8.42 Å². The molecule has 0 fully saturated rings. The molecule has 8 heteroatoms. The Morgan fingerprint density at radius 3 is 2.62 bits per heavy atom. The molecule has 7 nitrogen and oxygen atoms in total. The number of nitrogens with two attached hydrogens (primary N) is 1. The second kappa shape index (κ2) is 5.98. The Hall–Kier alpha value is -1.67. The fourth-order valence-corrected chi connectivity index (χ4v) is 2.81. The van der Waals surface area contributed by atoms with Crippen LogP contribution in [0, 0.1) is 6.92 Å². The molecule has 2 N–H and O–H groups in total. The molecule has 0 atom stereocenters. The van der Waals surface area contributed by atoms with Gasteiger partial charge in [-0.05, 0) is 26.3 Å². The van der Waals surface area contributed by atoms with Gasteiger partial charge in [0, 0.05) is 19.2 Å². The van der Waals surface area contributed by atoms with Crippen molar-refractivity contribution in [3.05, 3.63) is 29.5 Å². The van der Waals surface area contributed by atoms with E-state index in [-0.39, 0.29) is 5.03 Å². The fourth-order valence-electron chi connectivity index (χ4n) is 2.30. The molecule has 0 aliphatic rings. The molecule has 2 rings (SSSR count). The van der Waals surface area contributed by atoms with Crippen LogP contribution < -0.4 is 5.14 Å². The smallest absolute Gasteiger partial charge is 0.257 e. The molecule has 0 saturated heterocycles. The van der Waals surface area contributed by atoms with Crippen molar-refractivity contribution in [2.24, 2.45) is 5.14 Å². The zero-order chi connectivity index (χ0) is 15.6. The summed E-state index contributed by atoms with van der Waals surface area (Å²) in [6.45, 7) is 7.28. The average Bonchev–Trinajstić information content (AvgIpc) is 2.94. The molecule has 0 aliphatic heterocycles.